The van der Waals surface area contributed by atoms with E-state index in [0.29, 0.717) is 4.91 Å². The van der Waals surface area contributed by atoms with Crippen LogP contribution in [0.3, 0.4) is 0 Å². The Morgan fingerprint density at radius 3 is 2.18 bits per heavy atom. The second-order valence-corrected chi connectivity index (χ2v) is 8.83. The molecule has 9 heteroatoms. The van der Waals surface area contributed by atoms with Crippen LogP contribution >= 0.6 is 11.8 Å². The fourth-order valence-electron chi connectivity index (χ4n) is 4.00. The third kappa shape index (κ3) is 5.19. The number of hydrogen-bond acceptors (Lipinski definition) is 7. The van der Waals surface area contributed by atoms with Crippen LogP contribution in [0.4, 0.5) is 17.1 Å². The minimum absolute atomic E-state index is 0.0922. The molecule has 4 rings (SSSR count). The van der Waals surface area contributed by atoms with Crippen molar-refractivity contribution in [3.8, 4) is 0 Å². The monoisotopic (exact) mass is 465 g/mol. The number of hydrogen-bond donors (Lipinski definition) is 0. The third-order valence-corrected chi connectivity index (χ3v) is 6.95. The Hall–Kier alpha value is -3.33. The molecule has 0 atom stereocenters. The third-order valence-electron chi connectivity index (χ3n) is 5.90. The van der Waals surface area contributed by atoms with Gasteiger partial charge in [-0.2, -0.15) is 4.99 Å². The molecule has 2 aliphatic heterocycles. The number of carbonyl (C=O) groups excluding carboxylic acids is 1. The summed E-state index contributed by atoms with van der Waals surface area (Å²) in [7, 11) is 0. The molecular formula is C24H27N5O3S. The van der Waals surface area contributed by atoms with E-state index in [0.717, 1.165) is 55.7 Å². The molecule has 0 N–H and O–H groups in total. The fraction of sp³-hybridized carbons (Fsp3) is 0.333. The van der Waals surface area contributed by atoms with E-state index in [9.17, 15) is 14.9 Å². The summed E-state index contributed by atoms with van der Waals surface area (Å²) in [5.41, 5.74) is 3.22. The second kappa shape index (κ2) is 10.1. The second-order valence-electron chi connectivity index (χ2n) is 7.82. The zero-order chi connectivity index (χ0) is 23.4. The Bertz CT molecular complexity index is 1070. The lowest BCUT2D eigenvalue weighted by Crippen LogP contribution is -2.47. The average Bonchev–Trinajstić information content (AvgIpc) is 3.21. The van der Waals surface area contributed by atoms with Gasteiger partial charge in [-0.3, -0.25) is 14.9 Å². The van der Waals surface area contributed by atoms with Gasteiger partial charge in [0.15, 0.2) is 5.17 Å². The van der Waals surface area contributed by atoms with Crippen LogP contribution in [-0.2, 0) is 4.79 Å². The largest absolute Gasteiger partial charge is 0.372 e. The van der Waals surface area contributed by atoms with E-state index < -0.39 is 4.92 Å². The lowest BCUT2D eigenvalue weighted by molar-refractivity contribution is -0.384. The molecule has 2 heterocycles. The van der Waals surface area contributed by atoms with Crippen molar-refractivity contribution in [2.45, 2.75) is 13.8 Å². The molecule has 1 saturated heterocycles. The SMILES string of the molecule is CCN(CC)c1ccc(/C=C2/SC(N3CCN(c4ccc([N+](=O)[O-])cc4)CC3)=NC2=O)cc1. The molecule has 1 amide bonds. The van der Waals surface area contributed by atoms with Crippen LogP contribution < -0.4 is 9.80 Å². The van der Waals surface area contributed by atoms with Crippen LogP contribution in [0.5, 0.6) is 0 Å². The number of non-ortho nitro benzene ring substituents is 1. The lowest BCUT2D eigenvalue weighted by Gasteiger charge is -2.36. The summed E-state index contributed by atoms with van der Waals surface area (Å²) in [6.45, 7) is 9.19. The standard InChI is InChI=1S/C24H27N5O3S/c1-3-26(4-2)19-7-5-18(6-8-19)17-22-23(30)25-24(33-22)28-15-13-27(14-16-28)20-9-11-21(12-10-20)29(31)32/h5-12,17H,3-4,13-16H2,1-2H3/b22-17+. The molecule has 172 valence electrons. The Balaban J connectivity index is 1.35. The number of aliphatic imine (C=N–C) groups is 1. The Morgan fingerprint density at radius 1 is 1.00 bits per heavy atom. The molecule has 0 saturated carbocycles. The first kappa shape index (κ1) is 22.8. The molecule has 2 aromatic rings. The van der Waals surface area contributed by atoms with Crippen LogP contribution in [0.25, 0.3) is 6.08 Å². The Labute approximate surface area is 197 Å². The van der Waals surface area contributed by atoms with Gasteiger partial charge in [0.1, 0.15) is 0 Å². The number of amidine groups is 1. The van der Waals surface area contributed by atoms with Gasteiger partial charge in [-0.05, 0) is 61.5 Å². The zero-order valence-electron chi connectivity index (χ0n) is 18.8. The lowest BCUT2D eigenvalue weighted by atomic mass is 10.2. The number of thioether (sulfide) groups is 1. The molecular weight excluding hydrogens is 438 g/mol. The Morgan fingerprint density at radius 2 is 1.61 bits per heavy atom. The van der Waals surface area contributed by atoms with Gasteiger partial charge in [0.25, 0.3) is 11.6 Å². The van der Waals surface area contributed by atoms with Gasteiger partial charge in [-0.25, -0.2) is 0 Å². The first-order chi connectivity index (χ1) is 16.0. The van der Waals surface area contributed by atoms with E-state index >= 15 is 0 Å². The average molecular weight is 466 g/mol. The molecule has 0 bridgehead atoms. The molecule has 0 unspecified atom stereocenters. The summed E-state index contributed by atoms with van der Waals surface area (Å²) >= 11 is 1.43. The summed E-state index contributed by atoms with van der Waals surface area (Å²) < 4.78 is 0. The Kier molecular flexibility index (Phi) is 6.98. The van der Waals surface area contributed by atoms with E-state index in [2.05, 4.69) is 45.7 Å². The topological polar surface area (TPSA) is 82.3 Å². The summed E-state index contributed by atoms with van der Waals surface area (Å²) in [6, 6.07) is 14.9. The summed E-state index contributed by atoms with van der Waals surface area (Å²) in [6.07, 6.45) is 1.91. The van der Waals surface area contributed by atoms with Crippen molar-refractivity contribution in [3.63, 3.8) is 0 Å². The van der Waals surface area contributed by atoms with E-state index in [4.69, 9.17) is 0 Å². The van der Waals surface area contributed by atoms with Crippen LogP contribution in [0.2, 0.25) is 0 Å². The van der Waals surface area contributed by atoms with Crippen LogP contribution in [0.1, 0.15) is 19.4 Å². The minimum Gasteiger partial charge on any atom is -0.372 e. The minimum atomic E-state index is -0.390. The molecule has 0 radical (unpaired) electrons. The number of nitro benzene ring substituents is 1. The first-order valence-corrected chi connectivity index (χ1v) is 11.9. The smallest absolute Gasteiger partial charge is 0.286 e. The van der Waals surface area contributed by atoms with Gasteiger partial charge in [0.05, 0.1) is 9.83 Å². The van der Waals surface area contributed by atoms with Crippen LogP contribution in [-0.4, -0.2) is 60.2 Å². The highest BCUT2D eigenvalue weighted by Crippen LogP contribution is 2.31. The number of benzene rings is 2. The van der Waals surface area contributed by atoms with Gasteiger partial charge in [-0.1, -0.05) is 12.1 Å². The van der Waals surface area contributed by atoms with Crippen LogP contribution in [0.15, 0.2) is 58.4 Å². The van der Waals surface area contributed by atoms with E-state index in [-0.39, 0.29) is 11.6 Å². The quantitative estimate of drug-likeness (QED) is 0.359. The molecule has 0 aliphatic carbocycles. The van der Waals surface area contributed by atoms with E-state index in [1.165, 1.54) is 29.6 Å². The van der Waals surface area contributed by atoms with Crippen LogP contribution in [0, 0.1) is 10.1 Å². The zero-order valence-corrected chi connectivity index (χ0v) is 19.6. The van der Waals surface area contributed by atoms with Crippen molar-refractivity contribution in [2.24, 2.45) is 4.99 Å². The van der Waals surface area contributed by atoms with Gasteiger partial charge in [0, 0.05) is 62.8 Å². The number of nitrogens with zero attached hydrogens (tertiary/aromatic N) is 5. The summed E-state index contributed by atoms with van der Waals surface area (Å²) in [5, 5.41) is 11.6. The summed E-state index contributed by atoms with van der Waals surface area (Å²) in [4.78, 5) is 34.5. The molecule has 1 fully saturated rings. The van der Waals surface area contributed by atoms with Gasteiger partial charge in [-0.15, -0.1) is 0 Å². The van der Waals surface area contributed by atoms with E-state index in [1.54, 1.807) is 12.1 Å². The normalized spacial score (nSPS) is 17.5. The van der Waals surface area contributed by atoms with Gasteiger partial charge >= 0.3 is 0 Å². The van der Waals surface area contributed by atoms with Crippen molar-refractivity contribution in [1.82, 2.24) is 4.90 Å². The number of nitro groups is 1. The highest BCUT2D eigenvalue weighted by molar-refractivity contribution is 8.18. The maximum Gasteiger partial charge on any atom is 0.286 e. The predicted octanol–water partition coefficient (Wildman–Crippen LogP) is 4.23. The number of amides is 1. The van der Waals surface area contributed by atoms with Crippen molar-refractivity contribution < 1.29 is 9.72 Å². The molecule has 33 heavy (non-hydrogen) atoms. The van der Waals surface area contributed by atoms with Gasteiger partial charge < -0.3 is 14.7 Å². The molecule has 2 aromatic carbocycles. The molecule has 8 nitrogen and oxygen atoms in total. The summed E-state index contributed by atoms with van der Waals surface area (Å²) in [5.74, 6) is -0.194. The molecule has 2 aliphatic rings. The fourth-order valence-corrected chi connectivity index (χ4v) is 4.96. The molecule has 0 spiro atoms. The van der Waals surface area contributed by atoms with Crippen molar-refractivity contribution >= 4 is 46.0 Å². The van der Waals surface area contributed by atoms with Crippen molar-refractivity contribution in [1.29, 1.82) is 0 Å². The molecule has 0 aromatic heterocycles. The van der Waals surface area contributed by atoms with Crippen molar-refractivity contribution in [2.75, 3.05) is 49.1 Å². The van der Waals surface area contributed by atoms with Crippen molar-refractivity contribution in [3.05, 3.63) is 69.1 Å². The first-order valence-electron chi connectivity index (χ1n) is 11.1. The number of carbonyl (C=O) groups is 1. The number of anilines is 2. The maximum atomic E-state index is 12.5. The maximum absolute atomic E-state index is 12.5. The number of piperazine rings is 1. The predicted molar refractivity (Wildman–Crippen MR) is 135 cm³/mol. The number of rotatable bonds is 6. The highest BCUT2D eigenvalue weighted by Gasteiger charge is 2.28. The van der Waals surface area contributed by atoms with Gasteiger partial charge in [0.2, 0.25) is 0 Å². The highest BCUT2D eigenvalue weighted by atomic mass is 32.2. The van der Waals surface area contributed by atoms with E-state index in [1.807, 2.05) is 18.2 Å².